The number of alkyl halides is 4. The fourth-order valence-corrected chi connectivity index (χ4v) is 8.75. The van der Waals surface area contributed by atoms with Crippen molar-refractivity contribution in [3.8, 4) is 23.2 Å². The zero-order chi connectivity index (χ0) is 38.2. The molecule has 4 heterocycles. The van der Waals surface area contributed by atoms with E-state index in [1.807, 2.05) is 11.0 Å². The summed E-state index contributed by atoms with van der Waals surface area (Å²) in [5.74, 6) is -2.42. The van der Waals surface area contributed by atoms with Crippen LogP contribution in [0.25, 0.3) is 32.1 Å². The van der Waals surface area contributed by atoms with Crippen molar-refractivity contribution in [3.05, 3.63) is 41.0 Å². The first kappa shape index (κ1) is 36.9. The Hall–Kier alpha value is -4.40. The molecular weight excluding hydrogens is 726 g/mol. The number of ether oxygens (including phenoxy) is 2. The Kier molecular flexibility index (Phi) is 9.18. The molecule has 7 rings (SSSR count). The van der Waals surface area contributed by atoms with Crippen molar-refractivity contribution >= 4 is 49.2 Å². The topological polar surface area (TPSA) is 124 Å². The van der Waals surface area contributed by atoms with Crippen LogP contribution in [0.15, 0.2) is 18.2 Å². The molecule has 1 saturated carbocycles. The monoisotopic (exact) mass is 762 g/mol. The first-order chi connectivity index (χ1) is 24.9. The predicted octanol–water partition coefficient (Wildman–Crippen LogP) is 7.94. The summed E-state index contributed by atoms with van der Waals surface area (Å²) in [7, 11) is 1.57. The number of anilines is 2. The average Bonchev–Trinajstić information content (AvgIpc) is 3.71. The zero-order valence-corrected chi connectivity index (χ0v) is 30.0. The van der Waals surface area contributed by atoms with Crippen LogP contribution in [0.3, 0.4) is 0 Å². The number of nitriles is 1. The van der Waals surface area contributed by atoms with Crippen LogP contribution in [0.4, 0.5) is 42.0 Å². The summed E-state index contributed by atoms with van der Waals surface area (Å²) < 4.78 is 103. The third-order valence-electron chi connectivity index (χ3n) is 10.2. The summed E-state index contributed by atoms with van der Waals surface area (Å²) in [6.45, 7) is 5.66. The quantitative estimate of drug-likeness (QED) is 0.181. The van der Waals surface area contributed by atoms with E-state index in [0.717, 1.165) is 18.6 Å². The Morgan fingerprint density at radius 3 is 2.62 bits per heavy atom. The number of nitrogens with one attached hydrogen (secondary N) is 1. The number of carbonyl (C=O) groups excluding carboxylic acids is 1. The molecule has 0 bridgehead atoms. The Balaban J connectivity index is 1.42. The number of benzene rings is 2. The second kappa shape index (κ2) is 13.2. The Morgan fingerprint density at radius 2 is 1.96 bits per heavy atom. The molecule has 2 aromatic heterocycles. The molecule has 17 heteroatoms. The van der Waals surface area contributed by atoms with Gasteiger partial charge in [0.2, 0.25) is 0 Å². The highest BCUT2D eigenvalue weighted by atomic mass is 32.1. The standard InChI is InChI=1S/C36H36F6N6O4S/c1-34(2,3)52-33(50)46-31-22(14-43)25-20(6-7-24(38)29(25)53-31)26-23(36(40,41)42)12-21-28(27(26)39)44-32(45-30(21)47(4)18-10-19(49)11-18)51-16-35-8-5-9-48(35)15-17(37)13-35/h6-7,12,17-19,49H,5,8-11,13,15-16H2,1-4H3,(H,46,50)/t17-,18?,19?,35+/m1/s1. The van der Waals surface area contributed by atoms with Crippen molar-refractivity contribution < 1.29 is 45.7 Å². The molecule has 2 aliphatic heterocycles. The van der Waals surface area contributed by atoms with Gasteiger partial charge < -0.3 is 19.5 Å². The van der Waals surface area contributed by atoms with Gasteiger partial charge in [0, 0.05) is 42.4 Å². The van der Waals surface area contributed by atoms with Crippen LogP contribution in [0.1, 0.15) is 64.0 Å². The Morgan fingerprint density at radius 1 is 1.23 bits per heavy atom. The number of halogens is 6. The number of rotatable bonds is 7. The van der Waals surface area contributed by atoms with Crippen molar-refractivity contribution in [3.63, 3.8) is 0 Å². The van der Waals surface area contributed by atoms with E-state index in [2.05, 4.69) is 15.3 Å². The largest absolute Gasteiger partial charge is 0.461 e. The fraction of sp³-hybridized carbons (Fsp3) is 0.500. The smallest absolute Gasteiger partial charge is 0.417 e. The van der Waals surface area contributed by atoms with Crippen LogP contribution in [-0.2, 0) is 10.9 Å². The lowest BCUT2D eigenvalue weighted by molar-refractivity contribution is -0.137. The number of aromatic nitrogens is 2. The third kappa shape index (κ3) is 6.69. The van der Waals surface area contributed by atoms with Gasteiger partial charge in [-0.05, 0) is 70.7 Å². The lowest BCUT2D eigenvalue weighted by Crippen LogP contribution is -2.46. The highest BCUT2D eigenvalue weighted by molar-refractivity contribution is 7.23. The van der Waals surface area contributed by atoms with Crippen molar-refractivity contribution in [2.45, 2.75) is 88.5 Å². The second-order valence-corrected chi connectivity index (χ2v) is 16.0. The lowest BCUT2D eigenvalue weighted by atomic mass is 9.88. The molecule has 2 atom stereocenters. The van der Waals surface area contributed by atoms with E-state index in [1.54, 1.807) is 32.7 Å². The summed E-state index contributed by atoms with van der Waals surface area (Å²) in [4.78, 5) is 24.9. The molecule has 2 saturated heterocycles. The zero-order valence-electron chi connectivity index (χ0n) is 29.2. The van der Waals surface area contributed by atoms with Gasteiger partial charge in [0.1, 0.15) is 46.6 Å². The van der Waals surface area contributed by atoms with Crippen molar-refractivity contribution in [1.82, 2.24) is 14.9 Å². The minimum absolute atomic E-state index is 0.0359. The van der Waals surface area contributed by atoms with Crippen LogP contribution in [-0.4, -0.2) is 82.3 Å². The molecule has 1 aliphatic carbocycles. The van der Waals surface area contributed by atoms with Gasteiger partial charge in [-0.1, -0.05) is 6.07 Å². The number of fused-ring (bicyclic) bond motifs is 3. The third-order valence-corrected chi connectivity index (χ3v) is 11.3. The molecule has 0 unspecified atom stereocenters. The number of thiophene rings is 1. The van der Waals surface area contributed by atoms with Crippen LogP contribution < -0.4 is 15.0 Å². The Labute approximate surface area is 304 Å². The maximum atomic E-state index is 17.2. The highest BCUT2D eigenvalue weighted by Crippen LogP contribution is 2.49. The summed E-state index contributed by atoms with van der Waals surface area (Å²) >= 11 is 0.591. The van der Waals surface area contributed by atoms with E-state index in [-0.39, 0.29) is 57.9 Å². The number of nitrogens with zero attached hydrogens (tertiary/aromatic N) is 5. The summed E-state index contributed by atoms with van der Waals surface area (Å²) in [6.07, 6.45) is -5.57. The maximum absolute atomic E-state index is 17.2. The highest BCUT2D eigenvalue weighted by Gasteiger charge is 2.49. The molecule has 2 aromatic carbocycles. The predicted molar refractivity (Wildman–Crippen MR) is 186 cm³/mol. The van der Waals surface area contributed by atoms with Gasteiger partial charge in [0.25, 0.3) is 0 Å². The number of aliphatic hydroxyl groups is 1. The molecule has 2 N–H and O–H groups in total. The molecular formula is C36H36F6N6O4S. The summed E-state index contributed by atoms with van der Waals surface area (Å²) in [6, 6.07) is 3.68. The SMILES string of the molecule is CN(c1nc(OC[C@@]23CCCN2C[C@H](F)C3)nc2c(F)c(-c3ccc(F)c4sc(NC(=O)OC(C)(C)C)c(C#N)c34)c(C(F)(F)F)cc12)C1CC(O)C1. The van der Waals surface area contributed by atoms with Crippen LogP contribution in [0, 0.1) is 23.0 Å². The normalized spacial score (nSPS) is 23.2. The van der Waals surface area contributed by atoms with E-state index < -0.39 is 75.1 Å². The van der Waals surface area contributed by atoms with Gasteiger partial charge in [-0.15, -0.1) is 11.3 Å². The van der Waals surface area contributed by atoms with Crippen LogP contribution in [0.2, 0.25) is 0 Å². The second-order valence-electron chi connectivity index (χ2n) is 14.9. The van der Waals surface area contributed by atoms with Gasteiger partial charge in [0.15, 0.2) is 5.82 Å². The van der Waals surface area contributed by atoms with Crippen molar-refractivity contribution in [2.24, 2.45) is 0 Å². The summed E-state index contributed by atoms with van der Waals surface area (Å²) in [5.41, 5.74) is -5.40. The van der Waals surface area contributed by atoms with Gasteiger partial charge in [-0.25, -0.2) is 18.0 Å². The number of hydrogen-bond donors (Lipinski definition) is 2. The minimum atomic E-state index is -5.17. The first-order valence-electron chi connectivity index (χ1n) is 17.1. The fourth-order valence-electron chi connectivity index (χ4n) is 7.68. The van der Waals surface area contributed by atoms with Crippen molar-refractivity contribution in [2.75, 3.05) is 37.0 Å². The maximum Gasteiger partial charge on any atom is 0.417 e. The molecule has 1 amide bonds. The number of hydrogen-bond acceptors (Lipinski definition) is 10. The molecule has 0 spiro atoms. The van der Waals surface area contributed by atoms with E-state index in [0.29, 0.717) is 43.2 Å². The molecule has 4 aromatic rings. The molecule has 282 valence electrons. The van der Waals surface area contributed by atoms with Crippen LogP contribution >= 0.6 is 11.3 Å². The van der Waals surface area contributed by atoms with E-state index >= 15 is 22.0 Å². The van der Waals surface area contributed by atoms with Crippen LogP contribution in [0.5, 0.6) is 6.01 Å². The molecule has 10 nitrogen and oxygen atoms in total. The molecule has 53 heavy (non-hydrogen) atoms. The van der Waals surface area contributed by atoms with E-state index in [9.17, 15) is 19.6 Å². The number of aliphatic hydroxyl groups excluding tert-OH is 1. The van der Waals surface area contributed by atoms with Gasteiger partial charge in [-0.2, -0.15) is 28.4 Å². The van der Waals surface area contributed by atoms with E-state index in [4.69, 9.17) is 9.47 Å². The number of carbonyl (C=O) groups is 1. The van der Waals surface area contributed by atoms with Crippen molar-refractivity contribution in [1.29, 1.82) is 5.26 Å². The average molecular weight is 763 g/mol. The molecule has 3 fully saturated rings. The summed E-state index contributed by atoms with van der Waals surface area (Å²) in [5, 5.41) is 21.7. The first-order valence-corrected chi connectivity index (χ1v) is 17.9. The van der Waals surface area contributed by atoms with Gasteiger partial charge in [0.05, 0.1) is 27.5 Å². The molecule has 3 aliphatic rings. The van der Waals surface area contributed by atoms with E-state index in [1.165, 1.54) is 0 Å². The van der Waals surface area contributed by atoms with Gasteiger partial charge >= 0.3 is 18.3 Å². The van der Waals surface area contributed by atoms with Gasteiger partial charge in [-0.3, -0.25) is 10.2 Å². The Bertz CT molecular complexity index is 2160. The lowest BCUT2D eigenvalue weighted by Gasteiger charge is -2.39. The minimum Gasteiger partial charge on any atom is -0.461 e. The molecule has 0 radical (unpaired) electrons. The number of amides is 1.